The fourth-order valence-electron chi connectivity index (χ4n) is 2.73. The Bertz CT molecular complexity index is 566. The fourth-order valence-corrected chi connectivity index (χ4v) is 2.73. The summed E-state index contributed by atoms with van der Waals surface area (Å²) in [6, 6.07) is 11.4. The van der Waals surface area contributed by atoms with Crippen molar-refractivity contribution in [3.63, 3.8) is 0 Å². The van der Waals surface area contributed by atoms with Crippen molar-refractivity contribution in [2.45, 2.75) is 53.6 Å². The minimum Gasteiger partial charge on any atom is -0.466 e. The van der Waals surface area contributed by atoms with Crippen molar-refractivity contribution in [2.24, 2.45) is 5.92 Å². The smallest absolute Gasteiger partial charge is 0.105 e. The third kappa shape index (κ3) is 4.47. The molecule has 1 atom stereocenters. The number of aryl methyl sites for hydroxylation is 2. The number of benzene rings is 1. The van der Waals surface area contributed by atoms with Crippen LogP contribution in [0.2, 0.25) is 0 Å². The van der Waals surface area contributed by atoms with E-state index in [1.54, 1.807) is 0 Å². The van der Waals surface area contributed by atoms with Gasteiger partial charge in [0.25, 0.3) is 0 Å². The molecule has 0 aliphatic rings. The first-order valence-corrected chi connectivity index (χ1v) is 7.84. The first-order valence-electron chi connectivity index (χ1n) is 7.84. The Kier molecular flexibility index (Phi) is 5.24. The lowest BCUT2D eigenvalue weighted by Gasteiger charge is -2.13. The number of nitrogens with one attached hydrogen (secondary N) is 1. The van der Waals surface area contributed by atoms with E-state index >= 15 is 0 Å². The molecule has 2 nitrogen and oxygen atoms in total. The summed E-state index contributed by atoms with van der Waals surface area (Å²) in [6.45, 7) is 11.6. The van der Waals surface area contributed by atoms with Crippen LogP contribution in [0.15, 0.2) is 34.7 Å². The van der Waals surface area contributed by atoms with E-state index < -0.39 is 0 Å². The molecule has 0 saturated heterocycles. The fraction of sp³-hybridized carbons (Fsp3) is 0.474. The minimum absolute atomic E-state index is 0.304. The van der Waals surface area contributed by atoms with Gasteiger partial charge >= 0.3 is 0 Å². The van der Waals surface area contributed by atoms with Gasteiger partial charge in [-0.2, -0.15) is 0 Å². The maximum Gasteiger partial charge on any atom is 0.105 e. The molecule has 0 spiro atoms. The summed E-state index contributed by atoms with van der Waals surface area (Å²) >= 11 is 0. The Balaban J connectivity index is 1.92. The van der Waals surface area contributed by atoms with Crippen molar-refractivity contribution >= 4 is 0 Å². The molecule has 1 aromatic heterocycles. The van der Waals surface area contributed by atoms with Crippen molar-refractivity contribution in [3.05, 3.63) is 58.5 Å². The third-order valence-electron chi connectivity index (χ3n) is 3.83. The zero-order valence-corrected chi connectivity index (χ0v) is 13.9. The molecule has 0 fully saturated rings. The molecular weight excluding hydrogens is 258 g/mol. The third-order valence-corrected chi connectivity index (χ3v) is 3.83. The van der Waals surface area contributed by atoms with Crippen molar-refractivity contribution in [1.29, 1.82) is 0 Å². The summed E-state index contributed by atoms with van der Waals surface area (Å²) in [5.74, 6) is 2.70. The van der Waals surface area contributed by atoms with E-state index in [1.165, 1.54) is 16.7 Å². The van der Waals surface area contributed by atoms with E-state index in [4.69, 9.17) is 4.42 Å². The maximum atomic E-state index is 5.60. The highest BCUT2D eigenvalue weighted by atomic mass is 16.3. The molecule has 0 amide bonds. The molecule has 114 valence electrons. The average Bonchev–Trinajstić information content (AvgIpc) is 2.76. The van der Waals surface area contributed by atoms with Gasteiger partial charge < -0.3 is 9.73 Å². The summed E-state index contributed by atoms with van der Waals surface area (Å²) in [7, 11) is 0. The highest BCUT2D eigenvalue weighted by Gasteiger charge is 2.12. The SMILES string of the molecule is Cc1cc(C(C)NCc2ccc(CC(C)C)cc2)c(C)o1. The van der Waals surface area contributed by atoms with E-state index in [0.29, 0.717) is 12.0 Å². The lowest BCUT2D eigenvalue weighted by atomic mass is 10.0. The van der Waals surface area contributed by atoms with Crippen molar-refractivity contribution in [1.82, 2.24) is 5.32 Å². The minimum atomic E-state index is 0.304. The molecule has 2 heteroatoms. The van der Waals surface area contributed by atoms with E-state index in [9.17, 15) is 0 Å². The number of rotatable bonds is 6. The number of hydrogen-bond donors (Lipinski definition) is 1. The largest absolute Gasteiger partial charge is 0.466 e. The van der Waals surface area contributed by atoms with E-state index in [2.05, 4.69) is 56.4 Å². The summed E-state index contributed by atoms with van der Waals surface area (Å²) in [4.78, 5) is 0. The van der Waals surface area contributed by atoms with Crippen LogP contribution in [-0.2, 0) is 13.0 Å². The Morgan fingerprint density at radius 2 is 1.62 bits per heavy atom. The molecule has 21 heavy (non-hydrogen) atoms. The second kappa shape index (κ2) is 6.95. The van der Waals surface area contributed by atoms with Gasteiger partial charge in [0, 0.05) is 18.2 Å². The van der Waals surface area contributed by atoms with Gasteiger partial charge in [0.05, 0.1) is 0 Å². The van der Waals surface area contributed by atoms with Gasteiger partial charge in [-0.05, 0) is 50.3 Å². The van der Waals surface area contributed by atoms with E-state index in [0.717, 1.165) is 24.5 Å². The molecule has 1 unspecified atom stereocenters. The van der Waals surface area contributed by atoms with Crippen molar-refractivity contribution in [2.75, 3.05) is 0 Å². The highest BCUT2D eigenvalue weighted by Crippen LogP contribution is 2.21. The van der Waals surface area contributed by atoms with Crippen LogP contribution in [0.5, 0.6) is 0 Å². The first kappa shape index (κ1) is 15.8. The summed E-state index contributed by atoms with van der Waals surface area (Å²) < 4.78 is 5.60. The summed E-state index contributed by atoms with van der Waals surface area (Å²) in [6.07, 6.45) is 1.15. The Morgan fingerprint density at radius 1 is 1.00 bits per heavy atom. The quantitative estimate of drug-likeness (QED) is 0.812. The molecule has 1 N–H and O–H groups in total. The lowest BCUT2D eigenvalue weighted by molar-refractivity contribution is 0.489. The summed E-state index contributed by atoms with van der Waals surface area (Å²) in [5.41, 5.74) is 4.00. The molecule has 2 aromatic rings. The maximum absolute atomic E-state index is 5.60. The zero-order chi connectivity index (χ0) is 15.4. The van der Waals surface area contributed by atoms with Crippen molar-refractivity contribution < 1.29 is 4.42 Å². The average molecular weight is 285 g/mol. The van der Waals surface area contributed by atoms with Crippen LogP contribution in [0.4, 0.5) is 0 Å². The Morgan fingerprint density at radius 3 is 2.14 bits per heavy atom. The highest BCUT2D eigenvalue weighted by molar-refractivity contribution is 5.25. The number of hydrogen-bond acceptors (Lipinski definition) is 2. The molecule has 0 aliphatic carbocycles. The first-order chi connectivity index (χ1) is 9.95. The Hall–Kier alpha value is -1.54. The monoisotopic (exact) mass is 285 g/mol. The topological polar surface area (TPSA) is 25.2 Å². The van der Waals surface area contributed by atoms with Gasteiger partial charge in [-0.15, -0.1) is 0 Å². The van der Waals surface area contributed by atoms with Crippen LogP contribution in [0, 0.1) is 19.8 Å². The molecule has 0 saturated carbocycles. The molecule has 1 aromatic carbocycles. The van der Waals surface area contributed by atoms with E-state index in [1.807, 2.05) is 13.8 Å². The van der Waals surface area contributed by atoms with Crippen molar-refractivity contribution in [3.8, 4) is 0 Å². The predicted molar refractivity (Wildman–Crippen MR) is 88.4 cm³/mol. The van der Waals surface area contributed by atoms with Crippen LogP contribution >= 0.6 is 0 Å². The number of furan rings is 1. The molecule has 0 aliphatic heterocycles. The van der Waals surface area contributed by atoms with Gasteiger partial charge in [-0.25, -0.2) is 0 Å². The molecule has 0 radical (unpaired) electrons. The van der Waals surface area contributed by atoms with Crippen LogP contribution < -0.4 is 5.32 Å². The second-order valence-electron chi connectivity index (χ2n) is 6.39. The van der Waals surface area contributed by atoms with E-state index in [-0.39, 0.29) is 0 Å². The molecule has 2 rings (SSSR count). The second-order valence-corrected chi connectivity index (χ2v) is 6.39. The van der Waals surface area contributed by atoms with Crippen LogP contribution in [0.3, 0.4) is 0 Å². The van der Waals surface area contributed by atoms with Crippen LogP contribution in [0.1, 0.15) is 55.0 Å². The molecule has 0 bridgehead atoms. The molecule has 1 heterocycles. The normalized spacial score (nSPS) is 12.9. The standard InChI is InChI=1S/C19H27NO/c1-13(2)10-17-6-8-18(9-7-17)12-20-15(4)19-11-14(3)21-16(19)5/h6-9,11,13,15,20H,10,12H2,1-5H3. The van der Waals surface area contributed by atoms with Gasteiger partial charge in [-0.3, -0.25) is 0 Å². The van der Waals surface area contributed by atoms with Gasteiger partial charge in [0.15, 0.2) is 0 Å². The van der Waals surface area contributed by atoms with Crippen LogP contribution in [0.25, 0.3) is 0 Å². The zero-order valence-electron chi connectivity index (χ0n) is 13.9. The van der Waals surface area contributed by atoms with Gasteiger partial charge in [0.2, 0.25) is 0 Å². The predicted octanol–water partition coefficient (Wildman–Crippen LogP) is 4.95. The van der Waals surface area contributed by atoms with Gasteiger partial charge in [0.1, 0.15) is 11.5 Å². The van der Waals surface area contributed by atoms with Crippen LogP contribution in [-0.4, -0.2) is 0 Å². The Labute approximate surface area is 128 Å². The summed E-state index contributed by atoms with van der Waals surface area (Å²) in [5, 5.41) is 3.57. The lowest BCUT2D eigenvalue weighted by Crippen LogP contribution is -2.18. The van der Waals surface area contributed by atoms with Gasteiger partial charge in [-0.1, -0.05) is 38.1 Å². The molecular formula is C19H27NO.